The molecule has 1 atom stereocenters. The van der Waals surface area contributed by atoms with Crippen LogP contribution in [-0.4, -0.2) is 48.2 Å². The van der Waals surface area contributed by atoms with Crippen LogP contribution in [0.5, 0.6) is 0 Å². The Hall–Kier alpha value is -1.50. The van der Waals surface area contributed by atoms with Gasteiger partial charge in [-0.05, 0) is 6.92 Å². The molecular weight excluding hydrogens is 192 g/mol. The molecule has 2 amide bonds. The first-order valence-electron chi connectivity index (χ1n) is 4.10. The number of hydrogen-bond acceptors (Lipinski definition) is 3. The van der Waals surface area contributed by atoms with E-state index >= 15 is 0 Å². The molecule has 0 aromatic carbocycles. The van der Waals surface area contributed by atoms with Crippen molar-refractivity contribution in [1.82, 2.24) is 10.6 Å². The van der Waals surface area contributed by atoms with E-state index in [4.69, 9.17) is 14.9 Å². The number of rotatable bonds is 6. The molecular formula is C7H14N2O5. The van der Waals surface area contributed by atoms with E-state index in [9.17, 15) is 9.59 Å². The number of carbonyl (C=O) groups is 2. The van der Waals surface area contributed by atoms with Crippen molar-refractivity contribution in [3.8, 4) is 0 Å². The lowest BCUT2D eigenvalue weighted by Crippen LogP contribution is -2.45. The van der Waals surface area contributed by atoms with E-state index in [0.29, 0.717) is 6.61 Å². The molecule has 0 aliphatic rings. The number of amides is 2. The van der Waals surface area contributed by atoms with Gasteiger partial charge in [-0.3, -0.25) is 0 Å². The molecule has 0 aliphatic heterocycles. The Balaban J connectivity index is 3.83. The Kier molecular flexibility index (Phi) is 6.21. The molecule has 7 nitrogen and oxygen atoms in total. The predicted molar refractivity (Wildman–Crippen MR) is 47.5 cm³/mol. The first-order valence-corrected chi connectivity index (χ1v) is 4.10. The lowest BCUT2D eigenvalue weighted by Gasteiger charge is -2.16. The smallest absolute Gasteiger partial charge is 0.405 e. The summed E-state index contributed by atoms with van der Waals surface area (Å²) in [6.45, 7) is 2.35. The Morgan fingerprint density at radius 3 is 2.43 bits per heavy atom. The quantitative estimate of drug-likeness (QED) is 0.486. The average molecular weight is 206 g/mol. The predicted octanol–water partition coefficient (Wildman–Crippen LogP) is -0.0733. The maximum absolute atomic E-state index is 10.3. The van der Waals surface area contributed by atoms with Gasteiger partial charge in [0, 0.05) is 13.2 Å². The zero-order valence-corrected chi connectivity index (χ0v) is 7.82. The normalized spacial score (nSPS) is 11.8. The standard InChI is InChI=1S/C7H14N2O5/c1-2-14-4-5(9-7(12)13)3-8-6(10)11/h5,8-9H,2-4H2,1H3,(H,10,11)(H,12,13). The summed E-state index contributed by atoms with van der Waals surface area (Å²) in [7, 11) is 0. The summed E-state index contributed by atoms with van der Waals surface area (Å²) < 4.78 is 4.97. The van der Waals surface area contributed by atoms with Crippen molar-refractivity contribution < 1.29 is 24.5 Å². The topological polar surface area (TPSA) is 108 Å². The van der Waals surface area contributed by atoms with Gasteiger partial charge in [-0.2, -0.15) is 0 Å². The molecule has 0 saturated heterocycles. The maximum Gasteiger partial charge on any atom is 0.405 e. The summed E-state index contributed by atoms with van der Waals surface area (Å²) in [4.78, 5) is 20.4. The Bertz CT molecular complexity index is 197. The van der Waals surface area contributed by atoms with Crippen molar-refractivity contribution in [3.63, 3.8) is 0 Å². The van der Waals surface area contributed by atoms with Crippen LogP contribution in [0.4, 0.5) is 9.59 Å². The molecule has 82 valence electrons. The number of nitrogens with one attached hydrogen (secondary N) is 2. The van der Waals surface area contributed by atoms with Crippen molar-refractivity contribution in [1.29, 1.82) is 0 Å². The number of hydrogen-bond donors (Lipinski definition) is 4. The fourth-order valence-electron chi connectivity index (χ4n) is 0.797. The van der Waals surface area contributed by atoms with Gasteiger partial charge in [0.15, 0.2) is 0 Å². The lowest BCUT2D eigenvalue weighted by molar-refractivity contribution is 0.116. The third-order valence-electron chi connectivity index (χ3n) is 1.35. The van der Waals surface area contributed by atoms with E-state index < -0.39 is 18.2 Å². The van der Waals surface area contributed by atoms with Gasteiger partial charge in [-0.1, -0.05) is 0 Å². The van der Waals surface area contributed by atoms with Gasteiger partial charge in [0.05, 0.1) is 12.6 Å². The molecule has 14 heavy (non-hydrogen) atoms. The second-order valence-corrected chi connectivity index (χ2v) is 2.49. The summed E-state index contributed by atoms with van der Waals surface area (Å²) in [5.74, 6) is 0. The number of carboxylic acid groups (broad SMARTS) is 2. The van der Waals surface area contributed by atoms with Crippen molar-refractivity contribution in [2.45, 2.75) is 13.0 Å². The third kappa shape index (κ3) is 7.17. The van der Waals surface area contributed by atoms with Crippen LogP contribution in [0.2, 0.25) is 0 Å². The molecule has 4 N–H and O–H groups in total. The first kappa shape index (κ1) is 12.5. The highest BCUT2D eigenvalue weighted by Gasteiger charge is 2.12. The highest BCUT2D eigenvalue weighted by molar-refractivity contribution is 5.66. The summed E-state index contributed by atoms with van der Waals surface area (Å²) in [5, 5.41) is 20.9. The zero-order valence-electron chi connectivity index (χ0n) is 7.82. The molecule has 7 heteroatoms. The van der Waals surface area contributed by atoms with Crippen LogP contribution >= 0.6 is 0 Å². The van der Waals surface area contributed by atoms with E-state index in [1.165, 1.54) is 0 Å². The van der Waals surface area contributed by atoms with Gasteiger partial charge in [0.25, 0.3) is 0 Å². The molecule has 0 heterocycles. The van der Waals surface area contributed by atoms with Gasteiger partial charge in [-0.25, -0.2) is 9.59 Å². The van der Waals surface area contributed by atoms with Crippen LogP contribution in [-0.2, 0) is 4.74 Å². The first-order chi connectivity index (χ1) is 6.56. The Morgan fingerprint density at radius 1 is 1.36 bits per heavy atom. The van der Waals surface area contributed by atoms with Crippen LogP contribution in [0.25, 0.3) is 0 Å². The van der Waals surface area contributed by atoms with Crippen molar-refractivity contribution in [2.75, 3.05) is 19.8 Å². The van der Waals surface area contributed by atoms with Crippen LogP contribution in [0.3, 0.4) is 0 Å². The van der Waals surface area contributed by atoms with E-state index in [0.717, 1.165) is 0 Å². The summed E-state index contributed by atoms with van der Waals surface area (Å²) >= 11 is 0. The SMILES string of the molecule is CCOCC(CNC(=O)O)NC(=O)O. The molecule has 0 saturated carbocycles. The van der Waals surface area contributed by atoms with E-state index in [1.807, 2.05) is 0 Å². The van der Waals surface area contributed by atoms with Gasteiger partial charge in [-0.15, -0.1) is 0 Å². The fourth-order valence-corrected chi connectivity index (χ4v) is 0.797. The minimum Gasteiger partial charge on any atom is -0.465 e. The van der Waals surface area contributed by atoms with Gasteiger partial charge >= 0.3 is 12.2 Å². The van der Waals surface area contributed by atoms with E-state index in [2.05, 4.69) is 10.6 Å². The molecule has 0 radical (unpaired) electrons. The van der Waals surface area contributed by atoms with E-state index in [-0.39, 0.29) is 13.2 Å². The Labute approximate surface area is 81.1 Å². The molecule has 1 unspecified atom stereocenters. The van der Waals surface area contributed by atoms with Crippen molar-refractivity contribution in [3.05, 3.63) is 0 Å². The van der Waals surface area contributed by atoms with Gasteiger partial charge in [0.2, 0.25) is 0 Å². The van der Waals surface area contributed by atoms with Gasteiger partial charge in [0.1, 0.15) is 0 Å². The summed E-state index contributed by atoms with van der Waals surface area (Å²) in [6, 6.07) is -0.566. The van der Waals surface area contributed by atoms with Crippen LogP contribution in [0, 0.1) is 0 Å². The molecule has 0 fully saturated rings. The fraction of sp³-hybridized carbons (Fsp3) is 0.714. The summed E-state index contributed by atoms with van der Waals surface area (Å²) in [5.41, 5.74) is 0. The molecule has 0 bridgehead atoms. The largest absolute Gasteiger partial charge is 0.465 e. The summed E-state index contributed by atoms with van der Waals surface area (Å²) in [6.07, 6.45) is -2.40. The molecule has 0 spiro atoms. The van der Waals surface area contributed by atoms with Crippen LogP contribution in [0.1, 0.15) is 6.92 Å². The van der Waals surface area contributed by atoms with Crippen LogP contribution in [0.15, 0.2) is 0 Å². The minimum absolute atomic E-state index is 0.0123. The molecule has 0 rings (SSSR count). The molecule has 0 aliphatic carbocycles. The highest BCUT2D eigenvalue weighted by Crippen LogP contribution is 1.85. The van der Waals surface area contributed by atoms with E-state index in [1.54, 1.807) is 6.92 Å². The zero-order chi connectivity index (χ0) is 11.0. The second kappa shape index (κ2) is 6.96. The maximum atomic E-state index is 10.3. The third-order valence-corrected chi connectivity index (χ3v) is 1.35. The highest BCUT2D eigenvalue weighted by atomic mass is 16.5. The minimum atomic E-state index is -1.21. The number of ether oxygens (including phenoxy) is 1. The lowest BCUT2D eigenvalue weighted by atomic mass is 10.3. The van der Waals surface area contributed by atoms with Crippen LogP contribution < -0.4 is 10.6 Å². The molecule has 0 aromatic heterocycles. The average Bonchev–Trinajstić information content (AvgIpc) is 2.09. The Morgan fingerprint density at radius 2 is 2.00 bits per heavy atom. The van der Waals surface area contributed by atoms with Crippen molar-refractivity contribution in [2.24, 2.45) is 0 Å². The second-order valence-electron chi connectivity index (χ2n) is 2.49. The monoisotopic (exact) mass is 206 g/mol. The van der Waals surface area contributed by atoms with Crippen molar-refractivity contribution >= 4 is 12.2 Å². The molecule has 0 aromatic rings. The van der Waals surface area contributed by atoms with Gasteiger partial charge < -0.3 is 25.6 Å².